The number of ether oxygens (including phenoxy) is 1. The van der Waals surface area contributed by atoms with Gasteiger partial charge < -0.3 is 15.1 Å². The monoisotopic (exact) mass is 375 g/mol. The molecule has 3 rings (SSSR count). The van der Waals surface area contributed by atoms with E-state index < -0.39 is 10.9 Å². The van der Waals surface area contributed by atoms with Gasteiger partial charge in [-0.05, 0) is 18.6 Å². The number of thiazole rings is 1. The van der Waals surface area contributed by atoms with Crippen LogP contribution in [-0.4, -0.2) is 47.6 Å². The standard InChI is InChI=1S/C19H25N3O3S/c1-3-5-6-7-11-25-15-8-9-17-16(12-15)20-19(26-17)22(24)14-21(10-4-2)13-18(22)23/h2,8-9,12,18,23H,3,5-7,10-11,13-14H2,1H3. The summed E-state index contributed by atoms with van der Waals surface area (Å²) in [5.41, 5.74) is 0.729. The number of terminal acetylenes is 1. The molecule has 1 fully saturated rings. The number of quaternary nitrogens is 1. The fourth-order valence-electron chi connectivity index (χ4n) is 3.11. The summed E-state index contributed by atoms with van der Waals surface area (Å²) < 4.78 is 5.84. The average molecular weight is 375 g/mol. The van der Waals surface area contributed by atoms with Gasteiger partial charge in [0.25, 0.3) is 5.13 Å². The highest BCUT2D eigenvalue weighted by atomic mass is 32.1. The average Bonchev–Trinajstić information content (AvgIpc) is 3.17. The van der Waals surface area contributed by atoms with E-state index in [0.717, 1.165) is 22.4 Å². The third-order valence-electron chi connectivity index (χ3n) is 4.57. The molecule has 7 heteroatoms. The zero-order valence-corrected chi connectivity index (χ0v) is 15.9. The molecule has 2 unspecified atom stereocenters. The van der Waals surface area contributed by atoms with Crippen LogP contribution in [0.5, 0.6) is 5.75 Å². The smallest absolute Gasteiger partial charge is 0.290 e. The van der Waals surface area contributed by atoms with Crippen molar-refractivity contribution in [3.05, 3.63) is 23.4 Å². The lowest BCUT2D eigenvalue weighted by Gasteiger charge is -2.37. The maximum absolute atomic E-state index is 13.1. The van der Waals surface area contributed by atoms with E-state index in [1.54, 1.807) is 4.90 Å². The number of aliphatic hydroxyl groups is 1. The predicted molar refractivity (Wildman–Crippen MR) is 106 cm³/mol. The van der Waals surface area contributed by atoms with Crippen molar-refractivity contribution in [3.8, 4) is 18.1 Å². The van der Waals surface area contributed by atoms with Crippen LogP contribution in [0.3, 0.4) is 0 Å². The van der Waals surface area contributed by atoms with E-state index in [-0.39, 0.29) is 13.2 Å². The van der Waals surface area contributed by atoms with Gasteiger partial charge in [0.05, 0.1) is 29.9 Å². The number of hydrogen-bond donors (Lipinski definition) is 1. The number of fused-ring (bicyclic) bond motifs is 1. The second kappa shape index (κ2) is 8.33. The summed E-state index contributed by atoms with van der Waals surface area (Å²) in [5.74, 6) is 3.28. The van der Waals surface area contributed by atoms with E-state index in [4.69, 9.17) is 11.2 Å². The Bertz CT molecular complexity index is 788. The number of benzene rings is 1. The first-order chi connectivity index (χ1) is 12.6. The zero-order chi connectivity index (χ0) is 18.6. The first kappa shape index (κ1) is 19.1. The van der Waals surface area contributed by atoms with Gasteiger partial charge in [0.2, 0.25) is 6.23 Å². The van der Waals surface area contributed by atoms with Crippen molar-refractivity contribution in [2.45, 2.75) is 38.8 Å². The molecule has 1 aromatic carbocycles. The maximum atomic E-state index is 13.1. The Labute approximate surface area is 158 Å². The molecule has 2 heterocycles. The number of aromatic nitrogens is 1. The molecular formula is C19H25N3O3S. The summed E-state index contributed by atoms with van der Waals surface area (Å²) in [5, 5.41) is 23.8. The Morgan fingerprint density at radius 1 is 1.46 bits per heavy atom. The van der Waals surface area contributed by atoms with E-state index in [1.165, 1.54) is 30.6 Å². The molecule has 1 aliphatic rings. The summed E-state index contributed by atoms with van der Waals surface area (Å²) in [6.45, 7) is 3.59. The zero-order valence-electron chi connectivity index (χ0n) is 15.1. The maximum Gasteiger partial charge on any atom is 0.290 e. The summed E-state index contributed by atoms with van der Waals surface area (Å²) in [4.78, 5) is 6.26. The van der Waals surface area contributed by atoms with Crippen molar-refractivity contribution in [2.24, 2.45) is 0 Å². The van der Waals surface area contributed by atoms with E-state index in [1.807, 2.05) is 18.2 Å². The number of nitrogens with zero attached hydrogens (tertiary/aromatic N) is 3. The van der Waals surface area contributed by atoms with Crippen molar-refractivity contribution in [3.63, 3.8) is 0 Å². The normalized spacial score (nSPS) is 23.4. The molecule has 0 aliphatic carbocycles. The fourth-order valence-corrected chi connectivity index (χ4v) is 4.13. The van der Waals surface area contributed by atoms with Crippen LogP contribution in [0.25, 0.3) is 10.2 Å². The molecule has 1 aromatic heterocycles. The minimum Gasteiger partial charge on any atom is -0.623 e. The van der Waals surface area contributed by atoms with E-state index >= 15 is 0 Å². The number of β-amino-alcohol motifs (C(OH)–C–C–N with tert-alkyl or cyclic N) is 1. The number of hydrogen-bond acceptors (Lipinski definition) is 6. The second-order valence-electron chi connectivity index (χ2n) is 6.67. The lowest BCUT2D eigenvalue weighted by atomic mass is 10.2. The molecule has 1 saturated heterocycles. The fraction of sp³-hybridized carbons (Fsp3) is 0.526. The minimum atomic E-state index is -1.07. The van der Waals surface area contributed by atoms with Crippen LogP contribution in [0.15, 0.2) is 18.2 Å². The highest BCUT2D eigenvalue weighted by molar-refractivity contribution is 7.22. The van der Waals surface area contributed by atoms with Crippen LogP contribution >= 0.6 is 11.3 Å². The van der Waals surface area contributed by atoms with E-state index in [2.05, 4.69) is 17.8 Å². The van der Waals surface area contributed by atoms with E-state index in [0.29, 0.717) is 18.3 Å². The lowest BCUT2D eigenvalue weighted by Crippen LogP contribution is -2.48. The summed E-state index contributed by atoms with van der Waals surface area (Å²) in [7, 11) is 0. The molecule has 0 radical (unpaired) electrons. The Kier molecular flexibility index (Phi) is 6.12. The Morgan fingerprint density at radius 3 is 3.08 bits per heavy atom. The highest BCUT2D eigenvalue weighted by Crippen LogP contribution is 2.37. The van der Waals surface area contributed by atoms with E-state index in [9.17, 15) is 10.3 Å². The molecule has 6 nitrogen and oxygen atoms in total. The lowest BCUT2D eigenvalue weighted by molar-refractivity contribution is 0.0848. The van der Waals surface area contributed by atoms with Gasteiger partial charge in [0.15, 0.2) is 0 Å². The summed E-state index contributed by atoms with van der Waals surface area (Å²) in [6, 6.07) is 5.69. The predicted octanol–water partition coefficient (Wildman–Crippen LogP) is 3.29. The van der Waals surface area contributed by atoms with Gasteiger partial charge in [-0.25, -0.2) is 4.90 Å². The first-order valence-electron chi connectivity index (χ1n) is 9.03. The van der Waals surface area contributed by atoms with Crippen LogP contribution in [0.4, 0.5) is 5.13 Å². The first-order valence-corrected chi connectivity index (χ1v) is 9.85. The van der Waals surface area contributed by atoms with Crippen LogP contribution in [0, 0.1) is 17.6 Å². The molecule has 140 valence electrons. The topological polar surface area (TPSA) is 68.7 Å². The van der Waals surface area contributed by atoms with Crippen molar-refractivity contribution >= 4 is 26.7 Å². The molecule has 0 spiro atoms. The van der Waals surface area contributed by atoms with Gasteiger partial charge in [-0.15, -0.1) is 6.42 Å². The Balaban J connectivity index is 1.72. The van der Waals surface area contributed by atoms with Crippen molar-refractivity contribution < 1.29 is 9.84 Å². The van der Waals surface area contributed by atoms with Crippen LogP contribution in [-0.2, 0) is 0 Å². The highest BCUT2D eigenvalue weighted by Gasteiger charge is 2.42. The van der Waals surface area contributed by atoms with Gasteiger partial charge in [0.1, 0.15) is 12.4 Å². The van der Waals surface area contributed by atoms with Gasteiger partial charge in [0, 0.05) is 6.07 Å². The van der Waals surface area contributed by atoms with Gasteiger partial charge in [-0.1, -0.05) is 43.4 Å². The second-order valence-corrected chi connectivity index (χ2v) is 7.68. The van der Waals surface area contributed by atoms with Gasteiger partial charge in [-0.2, -0.15) is 4.98 Å². The van der Waals surface area contributed by atoms with Crippen LogP contribution in [0.2, 0.25) is 0 Å². The molecule has 0 amide bonds. The minimum absolute atomic E-state index is 0.117. The molecule has 26 heavy (non-hydrogen) atoms. The molecule has 2 atom stereocenters. The number of unbranched alkanes of at least 4 members (excludes halogenated alkanes) is 3. The van der Waals surface area contributed by atoms with Crippen molar-refractivity contribution in [1.29, 1.82) is 0 Å². The Hall–Kier alpha value is -1.69. The van der Waals surface area contributed by atoms with Crippen LogP contribution < -0.4 is 9.38 Å². The molecule has 1 N–H and O–H groups in total. The third kappa shape index (κ3) is 4.00. The number of aliphatic hydroxyl groups excluding tert-OH is 1. The number of hydroxylamine groups is 2. The molecular weight excluding hydrogens is 350 g/mol. The van der Waals surface area contributed by atoms with Gasteiger partial charge in [-0.3, -0.25) is 4.65 Å². The molecule has 0 bridgehead atoms. The largest absolute Gasteiger partial charge is 0.623 e. The molecule has 1 aliphatic heterocycles. The summed E-state index contributed by atoms with van der Waals surface area (Å²) in [6.07, 6.45) is 8.87. The molecule has 2 aromatic rings. The Morgan fingerprint density at radius 2 is 2.31 bits per heavy atom. The third-order valence-corrected chi connectivity index (χ3v) is 5.71. The van der Waals surface area contributed by atoms with Crippen molar-refractivity contribution in [2.75, 3.05) is 26.4 Å². The summed E-state index contributed by atoms with van der Waals surface area (Å²) >= 11 is 1.32. The van der Waals surface area contributed by atoms with Crippen LogP contribution in [0.1, 0.15) is 32.6 Å². The van der Waals surface area contributed by atoms with Gasteiger partial charge >= 0.3 is 0 Å². The SMILES string of the molecule is C#CCN1CC(O)[N+]([O-])(c2nc3cc(OCCCCCC)ccc3s2)C1. The quantitative estimate of drug-likeness (QED) is 0.332. The van der Waals surface area contributed by atoms with Crippen molar-refractivity contribution in [1.82, 2.24) is 14.5 Å². The molecule has 0 saturated carbocycles. The number of rotatable bonds is 8.